The summed E-state index contributed by atoms with van der Waals surface area (Å²) in [5.74, 6) is 0. The lowest BCUT2D eigenvalue weighted by atomic mass is 10.3. The van der Waals surface area contributed by atoms with Crippen LogP contribution >= 0.6 is 30.3 Å². The Bertz CT molecular complexity index is 768. The summed E-state index contributed by atoms with van der Waals surface area (Å²) in [5.41, 5.74) is 0. The molecule has 0 saturated carbocycles. The molecule has 3 aromatic rings. The van der Waals surface area contributed by atoms with E-state index in [-0.39, 0.29) is 0 Å². The molecule has 0 amide bonds. The molecule has 0 atom stereocenters. The molecule has 0 aliphatic heterocycles. The molecular weight excluding hydrogens is 334 g/mol. The Labute approximate surface area is 139 Å². The molecule has 0 bridgehead atoms. The Morgan fingerprint density at radius 3 is 1.41 bits per heavy atom. The fourth-order valence-corrected chi connectivity index (χ4v) is 5.84. The van der Waals surface area contributed by atoms with Crippen molar-refractivity contribution in [3.63, 3.8) is 0 Å². The first-order chi connectivity index (χ1) is 10.6. The van der Waals surface area contributed by atoms with Crippen molar-refractivity contribution in [2.45, 2.75) is 0 Å². The van der Waals surface area contributed by atoms with Crippen LogP contribution in [0.3, 0.4) is 0 Å². The fraction of sp³-hybridized carbons (Fsp3) is 0. The predicted octanol–water partition coefficient (Wildman–Crippen LogP) is 4.63. The second-order valence-electron chi connectivity index (χ2n) is 4.91. The summed E-state index contributed by atoms with van der Waals surface area (Å²) in [5, 5.41) is 3.13. The monoisotopic (exact) mass is 346 g/mol. The Hall–Kier alpha value is -1.53. The normalized spacial score (nSPS) is 11.4. The third-order valence-corrected chi connectivity index (χ3v) is 6.92. The van der Waals surface area contributed by atoms with E-state index in [0.29, 0.717) is 15.3 Å². The average Bonchev–Trinajstić information content (AvgIpc) is 2.55. The Morgan fingerprint density at radius 1 is 0.591 bits per heavy atom. The summed E-state index contributed by atoms with van der Waals surface area (Å²) in [6.45, 7) is 0. The molecule has 0 fully saturated rings. The van der Waals surface area contributed by atoms with Crippen molar-refractivity contribution in [3.8, 4) is 0 Å². The minimum Gasteiger partial charge on any atom is -0.309 e. The molecule has 0 saturated heterocycles. The van der Waals surface area contributed by atoms with Crippen molar-refractivity contribution in [1.82, 2.24) is 0 Å². The van der Waals surface area contributed by atoms with Crippen LogP contribution in [0.15, 0.2) is 78.9 Å². The van der Waals surface area contributed by atoms with Crippen LogP contribution in [0.2, 0.25) is 10.0 Å². The predicted molar refractivity (Wildman–Crippen MR) is 95.9 cm³/mol. The lowest BCUT2D eigenvalue weighted by molar-refractivity contribution is 0.592. The molecule has 0 heterocycles. The second-order valence-corrected chi connectivity index (χ2v) is 8.55. The molecule has 0 aliphatic rings. The fourth-order valence-electron chi connectivity index (χ4n) is 2.44. The van der Waals surface area contributed by atoms with Crippen molar-refractivity contribution in [2.75, 3.05) is 0 Å². The Kier molecular flexibility index (Phi) is 4.40. The highest BCUT2D eigenvalue weighted by atomic mass is 35.5. The van der Waals surface area contributed by atoms with Gasteiger partial charge >= 0.3 is 0 Å². The van der Waals surface area contributed by atoms with E-state index in [1.165, 1.54) is 0 Å². The van der Waals surface area contributed by atoms with E-state index in [1.54, 1.807) is 18.2 Å². The molecule has 0 spiro atoms. The van der Waals surface area contributed by atoms with Crippen LogP contribution in [0.5, 0.6) is 0 Å². The first-order valence-corrected chi connectivity index (χ1v) is 9.25. The molecule has 0 aromatic heterocycles. The molecule has 3 rings (SSSR count). The van der Waals surface area contributed by atoms with Crippen molar-refractivity contribution >= 4 is 46.3 Å². The van der Waals surface area contributed by atoms with Crippen LogP contribution < -0.4 is 15.9 Å². The maximum atomic E-state index is 14.0. The molecular formula is C18H13Cl2OP. The molecule has 0 unspecified atom stereocenters. The smallest absolute Gasteiger partial charge is 0.171 e. The summed E-state index contributed by atoms with van der Waals surface area (Å²) in [7, 11) is -3.00. The summed E-state index contributed by atoms with van der Waals surface area (Å²) in [6.07, 6.45) is 0. The standard InChI is InChI=1S/C18H13Cl2OP/c19-14-11-15(20)13-18(12-14)22(21,16-7-3-1-4-8-16)17-9-5-2-6-10-17/h1-13H. The van der Waals surface area contributed by atoms with Crippen LogP contribution in [0.4, 0.5) is 0 Å². The van der Waals surface area contributed by atoms with Gasteiger partial charge in [0.2, 0.25) is 0 Å². The van der Waals surface area contributed by atoms with E-state index in [9.17, 15) is 4.57 Å². The maximum absolute atomic E-state index is 14.0. The van der Waals surface area contributed by atoms with Gasteiger partial charge in [-0.05, 0) is 18.2 Å². The van der Waals surface area contributed by atoms with Gasteiger partial charge in [-0.3, -0.25) is 0 Å². The van der Waals surface area contributed by atoms with Crippen molar-refractivity contribution in [1.29, 1.82) is 0 Å². The minimum atomic E-state index is -3.00. The van der Waals surface area contributed by atoms with Gasteiger partial charge in [0.15, 0.2) is 7.14 Å². The average molecular weight is 347 g/mol. The molecule has 4 heteroatoms. The zero-order valence-corrected chi connectivity index (χ0v) is 14.0. The lowest BCUT2D eigenvalue weighted by Crippen LogP contribution is -2.25. The summed E-state index contributed by atoms with van der Waals surface area (Å²) in [4.78, 5) is 0. The maximum Gasteiger partial charge on any atom is 0.171 e. The number of halogens is 2. The van der Waals surface area contributed by atoms with Crippen molar-refractivity contribution in [3.05, 3.63) is 88.9 Å². The van der Waals surface area contributed by atoms with Gasteiger partial charge in [0.05, 0.1) is 0 Å². The number of rotatable bonds is 3. The van der Waals surface area contributed by atoms with Crippen molar-refractivity contribution < 1.29 is 4.57 Å². The van der Waals surface area contributed by atoms with Crippen LogP contribution in [0, 0.1) is 0 Å². The SMILES string of the molecule is O=P(c1ccccc1)(c1ccccc1)c1cc(Cl)cc(Cl)c1. The van der Waals surface area contributed by atoms with E-state index in [0.717, 1.165) is 10.6 Å². The lowest BCUT2D eigenvalue weighted by Gasteiger charge is -2.20. The minimum absolute atomic E-state index is 0.481. The molecule has 0 radical (unpaired) electrons. The molecule has 22 heavy (non-hydrogen) atoms. The van der Waals surface area contributed by atoms with Crippen LogP contribution in [-0.2, 0) is 4.57 Å². The highest BCUT2D eigenvalue weighted by Crippen LogP contribution is 2.43. The van der Waals surface area contributed by atoms with Gasteiger partial charge in [0, 0.05) is 26.0 Å². The Balaban J connectivity index is 2.31. The first kappa shape index (κ1) is 15.4. The highest BCUT2D eigenvalue weighted by Gasteiger charge is 2.30. The van der Waals surface area contributed by atoms with Gasteiger partial charge in [0.1, 0.15) is 0 Å². The van der Waals surface area contributed by atoms with Gasteiger partial charge in [-0.25, -0.2) is 0 Å². The number of hydrogen-bond donors (Lipinski definition) is 0. The van der Waals surface area contributed by atoms with E-state index in [4.69, 9.17) is 23.2 Å². The number of benzene rings is 3. The first-order valence-electron chi connectivity index (χ1n) is 6.78. The van der Waals surface area contributed by atoms with E-state index < -0.39 is 7.14 Å². The van der Waals surface area contributed by atoms with Gasteiger partial charge in [0.25, 0.3) is 0 Å². The quantitative estimate of drug-likeness (QED) is 0.631. The summed E-state index contributed by atoms with van der Waals surface area (Å²) < 4.78 is 14.0. The van der Waals surface area contributed by atoms with Gasteiger partial charge in [-0.1, -0.05) is 83.9 Å². The van der Waals surface area contributed by atoms with Crippen LogP contribution in [0.1, 0.15) is 0 Å². The highest BCUT2D eigenvalue weighted by molar-refractivity contribution is 7.85. The zero-order chi connectivity index (χ0) is 15.6. The molecule has 3 aromatic carbocycles. The van der Waals surface area contributed by atoms with Crippen LogP contribution in [0.25, 0.3) is 0 Å². The second kappa shape index (κ2) is 6.30. The molecule has 0 N–H and O–H groups in total. The zero-order valence-electron chi connectivity index (χ0n) is 11.6. The van der Waals surface area contributed by atoms with Gasteiger partial charge < -0.3 is 4.57 Å². The van der Waals surface area contributed by atoms with E-state index >= 15 is 0 Å². The number of hydrogen-bond acceptors (Lipinski definition) is 1. The largest absolute Gasteiger partial charge is 0.309 e. The molecule has 110 valence electrons. The third kappa shape index (κ3) is 2.85. The topological polar surface area (TPSA) is 17.1 Å². The van der Waals surface area contributed by atoms with E-state index in [2.05, 4.69) is 0 Å². The molecule has 1 nitrogen and oxygen atoms in total. The summed E-state index contributed by atoms with van der Waals surface area (Å²) >= 11 is 12.3. The van der Waals surface area contributed by atoms with Crippen LogP contribution in [-0.4, -0.2) is 0 Å². The van der Waals surface area contributed by atoms with E-state index in [1.807, 2.05) is 60.7 Å². The Morgan fingerprint density at radius 2 is 1.00 bits per heavy atom. The van der Waals surface area contributed by atoms with Gasteiger partial charge in [-0.2, -0.15) is 0 Å². The summed E-state index contributed by atoms with van der Waals surface area (Å²) in [6, 6.07) is 24.0. The van der Waals surface area contributed by atoms with Gasteiger partial charge in [-0.15, -0.1) is 0 Å². The third-order valence-electron chi connectivity index (χ3n) is 3.45. The molecule has 0 aliphatic carbocycles. The van der Waals surface area contributed by atoms with Crippen molar-refractivity contribution in [2.24, 2.45) is 0 Å².